The molecule has 0 spiro atoms. The Hall–Kier alpha value is -7.62. The number of hydrogen-bond donors (Lipinski definition) is 2. The molecule has 16 heteroatoms. The number of fused-ring (bicyclic) bond motifs is 6. The van der Waals surface area contributed by atoms with Gasteiger partial charge >= 0.3 is 11.4 Å². The molecular formula is C47H43N7O9. The van der Waals surface area contributed by atoms with Gasteiger partial charge in [0, 0.05) is 50.0 Å². The van der Waals surface area contributed by atoms with E-state index in [0.717, 1.165) is 15.1 Å². The molecule has 1 saturated carbocycles. The van der Waals surface area contributed by atoms with Crippen LogP contribution in [-0.4, -0.2) is 59.6 Å². The number of ether oxygens (including phenoxy) is 3. The van der Waals surface area contributed by atoms with Crippen LogP contribution in [0.3, 0.4) is 0 Å². The normalized spacial score (nSPS) is 21.1. The van der Waals surface area contributed by atoms with Crippen LogP contribution in [0.5, 0.6) is 23.0 Å². The molecule has 16 nitrogen and oxygen atoms in total. The summed E-state index contributed by atoms with van der Waals surface area (Å²) in [6, 6.07) is 23.9. The van der Waals surface area contributed by atoms with E-state index in [9.17, 15) is 19.5 Å². The molecule has 4 atom stereocenters. The third-order valence-electron chi connectivity index (χ3n) is 13.1. The lowest BCUT2D eigenvalue weighted by Gasteiger charge is -2.49. The number of allylic oxidation sites excluding steroid dienone is 3. The Labute approximate surface area is 359 Å². The van der Waals surface area contributed by atoms with Gasteiger partial charge in [-0.2, -0.15) is 5.01 Å². The van der Waals surface area contributed by atoms with Gasteiger partial charge in [0.05, 0.1) is 61.1 Å². The maximum Gasteiger partial charge on any atom is 0.347 e. The van der Waals surface area contributed by atoms with Crippen molar-refractivity contribution >= 4 is 28.5 Å². The number of benzene rings is 4. The average Bonchev–Trinajstić information content (AvgIpc) is 3.67. The molecule has 10 rings (SSSR count). The van der Waals surface area contributed by atoms with Crippen molar-refractivity contribution in [3.63, 3.8) is 0 Å². The zero-order valence-corrected chi connectivity index (χ0v) is 34.9. The van der Waals surface area contributed by atoms with Crippen LogP contribution in [0.25, 0.3) is 11.0 Å². The van der Waals surface area contributed by atoms with Gasteiger partial charge < -0.3 is 23.9 Å². The van der Waals surface area contributed by atoms with Gasteiger partial charge in [-0.1, -0.05) is 54.1 Å². The predicted molar refractivity (Wildman–Crippen MR) is 231 cm³/mol. The van der Waals surface area contributed by atoms with Gasteiger partial charge in [-0.05, 0) is 60.4 Å². The number of aromatic hydroxyl groups is 1. The Bertz CT molecular complexity index is 3140. The van der Waals surface area contributed by atoms with Gasteiger partial charge in [-0.25, -0.2) is 28.5 Å². The minimum atomic E-state index is -1.51. The Morgan fingerprint density at radius 3 is 2.41 bits per heavy atom. The van der Waals surface area contributed by atoms with Crippen molar-refractivity contribution in [2.75, 3.05) is 19.6 Å². The monoisotopic (exact) mass is 849 g/mol. The third kappa shape index (κ3) is 5.95. The standard InChI is InChI=1S/C47H43N7O9/c1-26-10-12-30(13-11-26)49-53-42(56)33-22-36-32(41(47(33,44(53)58)29-8-6-5-7-9-29)28-20-27-21-31(55)14-15-38(27)63-25-28)16-19-52-45(59)51(46(60)54(36)52)18-17-34-43(57)50(2)37-24-40(62-4)39(61-3)23-35(37)48-34/h5-16,21,23-25,33,36,41,49,55H,17-20,22H2,1-4H3/t33-,36+,41-,47+/m0/s1. The van der Waals surface area contributed by atoms with Crippen molar-refractivity contribution in [3.8, 4) is 23.0 Å². The summed E-state index contributed by atoms with van der Waals surface area (Å²) in [5.41, 5.74) is 5.31. The average molecular weight is 850 g/mol. The number of nitrogens with zero attached hydrogens (tertiary/aromatic N) is 6. The number of methoxy groups -OCH3 is 2. The van der Waals surface area contributed by atoms with Gasteiger partial charge in [0.15, 0.2) is 11.5 Å². The molecule has 4 aliphatic rings. The number of rotatable bonds is 9. The Kier molecular flexibility index (Phi) is 9.27. The summed E-state index contributed by atoms with van der Waals surface area (Å²) in [6.45, 7) is 1.79. The highest BCUT2D eigenvalue weighted by Crippen LogP contribution is 2.61. The van der Waals surface area contributed by atoms with E-state index in [2.05, 4.69) is 10.4 Å². The summed E-state index contributed by atoms with van der Waals surface area (Å²) >= 11 is 0. The number of imide groups is 1. The molecule has 0 unspecified atom stereocenters. The van der Waals surface area contributed by atoms with Gasteiger partial charge in [-0.15, -0.1) is 0 Å². The molecule has 2 N–H and O–H groups in total. The van der Waals surface area contributed by atoms with E-state index >= 15 is 9.59 Å². The van der Waals surface area contributed by atoms with Crippen LogP contribution in [0.2, 0.25) is 0 Å². The smallest absolute Gasteiger partial charge is 0.347 e. The molecule has 0 bridgehead atoms. The summed E-state index contributed by atoms with van der Waals surface area (Å²) < 4.78 is 22.4. The number of anilines is 1. The summed E-state index contributed by atoms with van der Waals surface area (Å²) in [7, 11) is 4.61. The van der Waals surface area contributed by atoms with E-state index in [0.29, 0.717) is 56.2 Å². The molecule has 5 heterocycles. The Morgan fingerprint density at radius 1 is 0.921 bits per heavy atom. The van der Waals surface area contributed by atoms with E-state index in [1.807, 2.05) is 55.5 Å². The highest BCUT2D eigenvalue weighted by atomic mass is 16.5. The van der Waals surface area contributed by atoms with Gasteiger partial charge in [0.2, 0.25) is 0 Å². The zero-order chi connectivity index (χ0) is 43.9. The maximum atomic E-state index is 15.5. The van der Waals surface area contributed by atoms with Crippen LogP contribution in [0.15, 0.2) is 123 Å². The van der Waals surface area contributed by atoms with Crippen molar-refractivity contribution in [2.24, 2.45) is 18.9 Å². The van der Waals surface area contributed by atoms with Crippen molar-refractivity contribution in [3.05, 3.63) is 162 Å². The molecule has 4 aromatic carbocycles. The first-order valence-corrected chi connectivity index (χ1v) is 20.6. The first-order valence-electron chi connectivity index (χ1n) is 20.6. The summed E-state index contributed by atoms with van der Waals surface area (Å²) in [6.07, 6.45) is 3.74. The van der Waals surface area contributed by atoms with E-state index in [-0.39, 0.29) is 43.8 Å². The summed E-state index contributed by atoms with van der Waals surface area (Å²) in [5, 5.41) is 11.6. The topological polar surface area (TPSA) is 181 Å². The van der Waals surface area contributed by atoms with Gasteiger partial charge in [0.1, 0.15) is 17.2 Å². The van der Waals surface area contributed by atoms with E-state index in [4.69, 9.17) is 14.2 Å². The number of aromatic nitrogens is 5. The van der Waals surface area contributed by atoms with E-state index < -0.39 is 52.0 Å². The summed E-state index contributed by atoms with van der Waals surface area (Å²) in [5.74, 6) is -1.35. The van der Waals surface area contributed by atoms with Crippen LogP contribution >= 0.6 is 0 Å². The minimum Gasteiger partial charge on any atom is -0.508 e. The lowest BCUT2D eigenvalue weighted by Crippen LogP contribution is -2.55. The molecule has 0 radical (unpaired) electrons. The predicted octanol–water partition coefficient (Wildman–Crippen LogP) is 4.30. The van der Waals surface area contributed by atoms with E-state index in [1.165, 1.54) is 34.2 Å². The zero-order valence-electron chi connectivity index (χ0n) is 34.9. The second kappa shape index (κ2) is 14.8. The number of hydrogen-bond acceptors (Lipinski definition) is 11. The van der Waals surface area contributed by atoms with Crippen LogP contribution in [0, 0.1) is 18.8 Å². The molecule has 2 amide bonds. The first-order chi connectivity index (χ1) is 30.4. The van der Waals surface area contributed by atoms with Crippen LogP contribution in [0.4, 0.5) is 5.69 Å². The lowest BCUT2D eigenvalue weighted by molar-refractivity contribution is -0.138. The SMILES string of the molecule is COc1cc2nc(CCn3c(=O)n4n(c3=O)[C@@H]3C[C@H]5C(=O)N(Nc6ccc(C)cc6)C(=O)[C@@]5(c5ccccc5)[C@@H](C5=COc6ccc(O)cc6C5)C3=CC4)c(=O)n(C)c2cc1OC. The Morgan fingerprint density at radius 2 is 1.67 bits per heavy atom. The second-order valence-corrected chi connectivity index (χ2v) is 16.4. The fourth-order valence-corrected chi connectivity index (χ4v) is 10.2. The van der Waals surface area contributed by atoms with Crippen molar-refractivity contribution < 1.29 is 28.9 Å². The number of phenols is 1. The number of carbonyl (C=O) groups is 2. The highest BCUT2D eigenvalue weighted by Gasteiger charge is 2.69. The minimum absolute atomic E-state index is 0.00442. The van der Waals surface area contributed by atoms with Crippen molar-refractivity contribution in [1.82, 2.24) is 28.5 Å². The molecule has 1 aliphatic carbocycles. The highest BCUT2D eigenvalue weighted by molar-refractivity contribution is 6.12. The number of hydrazine groups is 1. The molecule has 63 heavy (non-hydrogen) atoms. The number of nitrogens with one attached hydrogen (secondary N) is 1. The fraction of sp³-hybridized carbons (Fsp3) is 0.277. The maximum absolute atomic E-state index is 15.5. The van der Waals surface area contributed by atoms with Crippen molar-refractivity contribution in [1.29, 1.82) is 0 Å². The summed E-state index contributed by atoms with van der Waals surface area (Å²) in [4.78, 5) is 77.8. The Balaban J connectivity index is 1.09. The van der Waals surface area contributed by atoms with Gasteiger partial charge in [-0.3, -0.25) is 19.8 Å². The van der Waals surface area contributed by atoms with E-state index in [1.54, 1.807) is 49.7 Å². The third-order valence-corrected chi connectivity index (χ3v) is 13.1. The molecular weight excluding hydrogens is 807 g/mol. The van der Waals surface area contributed by atoms with Crippen LogP contribution in [-0.2, 0) is 48.0 Å². The molecule has 1 saturated heterocycles. The van der Waals surface area contributed by atoms with Gasteiger partial charge in [0.25, 0.3) is 17.4 Å². The molecule has 6 aromatic rings. The number of phenolic OH excluding ortho intramolecular Hbond substituents is 1. The molecule has 3 aliphatic heterocycles. The quantitative estimate of drug-likeness (QED) is 0.156. The number of carbonyl (C=O) groups excluding carboxylic acids is 2. The lowest BCUT2D eigenvalue weighted by atomic mass is 9.52. The molecule has 2 fully saturated rings. The van der Waals surface area contributed by atoms with Crippen LogP contribution in [0.1, 0.15) is 34.8 Å². The number of aryl methyl sites for hydroxylation is 3. The fourth-order valence-electron chi connectivity index (χ4n) is 10.2. The first kappa shape index (κ1) is 39.5. The van der Waals surface area contributed by atoms with Crippen molar-refractivity contribution in [2.45, 2.75) is 50.7 Å². The molecule has 320 valence electrons. The second-order valence-electron chi connectivity index (χ2n) is 16.4. The number of amides is 2. The largest absolute Gasteiger partial charge is 0.508 e. The molecule has 2 aromatic heterocycles. The van der Waals surface area contributed by atoms with Crippen LogP contribution < -0.4 is 36.6 Å².